The fourth-order valence-electron chi connectivity index (χ4n) is 7.16. The van der Waals surface area contributed by atoms with Crippen LogP contribution in [0, 0.1) is 24.7 Å². The van der Waals surface area contributed by atoms with Crippen molar-refractivity contribution in [3.05, 3.63) is 76.4 Å². The second-order valence-corrected chi connectivity index (χ2v) is 10.9. The van der Waals surface area contributed by atoms with Crippen molar-refractivity contribution in [3.63, 3.8) is 0 Å². The highest BCUT2D eigenvalue weighted by Gasteiger charge is 2.51. The molecule has 29 heavy (non-hydrogen) atoms. The van der Waals surface area contributed by atoms with Gasteiger partial charge in [0.2, 0.25) is 0 Å². The van der Waals surface area contributed by atoms with Crippen LogP contribution in [0.3, 0.4) is 0 Å². The maximum atomic E-state index is 3.55. The van der Waals surface area contributed by atoms with E-state index in [4.69, 9.17) is 0 Å². The lowest BCUT2D eigenvalue weighted by atomic mass is 9.48. The first-order valence-corrected chi connectivity index (χ1v) is 11.9. The van der Waals surface area contributed by atoms with E-state index in [1.165, 1.54) is 61.2 Å². The molecule has 0 atom stereocenters. The number of aryl methyl sites for hydroxylation is 1. The number of hydrogen-bond donors (Lipinski definition) is 0. The van der Waals surface area contributed by atoms with Crippen molar-refractivity contribution >= 4 is 15.9 Å². The molecule has 1 aromatic heterocycles. The number of aromatic nitrogens is 1. The van der Waals surface area contributed by atoms with Crippen LogP contribution in [0.25, 0.3) is 16.9 Å². The molecule has 4 aliphatic carbocycles. The fourth-order valence-corrected chi connectivity index (χ4v) is 7.42. The zero-order chi connectivity index (χ0) is 19.6. The summed E-state index contributed by atoms with van der Waals surface area (Å²) >= 11 is 3.55. The van der Waals surface area contributed by atoms with Gasteiger partial charge in [0, 0.05) is 15.9 Å². The third kappa shape index (κ3) is 2.94. The molecule has 0 radical (unpaired) electrons. The Kier molecular flexibility index (Phi) is 4.10. The lowest BCUT2D eigenvalue weighted by Crippen LogP contribution is -2.48. The van der Waals surface area contributed by atoms with Crippen molar-refractivity contribution in [2.24, 2.45) is 17.8 Å². The predicted octanol–water partition coefficient (Wildman–Crippen LogP) is 7.68. The average molecular weight is 446 g/mol. The van der Waals surface area contributed by atoms with Gasteiger partial charge < -0.3 is 4.57 Å². The quantitative estimate of drug-likeness (QED) is 0.389. The molecule has 148 valence electrons. The smallest absolute Gasteiger partial charge is 0.0531 e. The summed E-state index contributed by atoms with van der Waals surface area (Å²) in [6.45, 7) is 2.20. The van der Waals surface area contributed by atoms with Crippen molar-refractivity contribution in [1.29, 1.82) is 0 Å². The summed E-state index contributed by atoms with van der Waals surface area (Å²) in [5.74, 6) is 2.99. The van der Waals surface area contributed by atoms with Crippen LogP contribution in [0.2, 0.25) is 0 Å². The Balaban J connectivity index is 1.36. The summed E-state index contributed by atoms with van der Waals surface area (Å²) in [4.78, 5) is 0. The minimum Gasteiger partial charge on any atom is -0.314 e. The van der Waals surface area contributed by atoms with Crippen molar-refractivity contribution in [3.8, 4) is 16.9 Å². The van der Waals surface area contributed by atoms with Crippen LogP contribution >= 0.6 is 15.9 Å². The Morgan fingerprint density at radius 3 is 1.93 bits per heavy atom. The van der Waals surface area contributed by atoms with Gasteiger partial charge in [-0.05, 0) is 116 Å². The first-order valence-electron chi connectivity index (χ1n) is 11.1. The zero-order valence-electron chi connectivity index (χ0n) is 17.1. The first kappa shape index (κ1) is 18.0. The molecular weight excluding hydrogens is 418 g/mol. The monoisotopic (exact) mass is 445 g/mol. The largest absolute Gasteiger partial charge is 0.314 e. The first-order chi connectivity index (χ1) is 14.1. The lowest BCUT2D eigenvalue weighted by molar-refractivity contribution is -0.00518. The number of nitrogens with zero attached hydrogens (tertiary/aromatic N) is 1. The molecule has 0 unspecified atom stereocenters. The van der Waals surface area contributed by atoms with E-state index in [9.17, 15) is 0 Å². The molecule has 0 aliphatic heterocycles. The fraction of sp³-hybridized carbons (Fsp3) is 0.407. The van der Waals surface area contributed by atoms with Gasteiger partial charge in [-0.25, -0.2) is 0 Å². The van der Waals surface area contributed by atoms with Crippen molar-refractivity contribution in [2.45, 2.75) is 50.9 Å². The topological polar surface area (TPSA) is 4.93 Å². The van der Waals surface area contributed by atoms with E-state index in [1.807, 2.05) is 0 Å². The van der Waals surface area contributed by atoms with E-state index in [0.29, 0.717) is 5.41 Å². The van der Waals surface area contributed by atoms with Gasteiger partial charge in [0.15, 0.2) is 0 Å². The Morgan fingerprint density at radius 2 is 1.34 bits per heavy atom. The van der Waals surface area contributed by atoms with Crippen LogP contribution in [0.15, 0.2) is 65.1 Å². The highest BCUT2D eigenvalue weighted by Crippen LogP contribution is 2.60. The minimum absolute atomic E-state index is 0.480. The Hall–Kier alpha value is -1.80. The van der Waals surface area contributed by atoms with Gasteiger partial charge in [-0.2, -0.15) is 0 Å². The molecule has 0 spiro atoms. The Labute approximate surface area is 182 Å². The summed E-state index contributed by atoms with van der Waals surface area (Å²) in [7, 11) is 0. The van der Waals surface area contributed by atoms with Gasteiger partial charge in [0.25, 0.3) is 0 Å². The maximum Gasteiger partial charge on any atom is 0.0531 e. The maximum absolute atomic E-state index is 3.55. The lowest BCUT2D eigenvalue weighted by Gasteiger charge is -2.57. The molecule has 1 nitrogen and oxygen atoms in total. The normalized spacial score (nSPS) is 30.1. The van der Waals surface area contributed by atoms with Crippen molar-refractivity contribution in [2.75, 3.05) is 0 Å². The molecule has 7 rings (SSSR count). The summed E-state index contributed by atoms with van der Waals surface area (Å²) in [6, 6.07) is 22.7. The molecule has 4 saturated carbocycles. The molecule has 2 aromatic carbocycles. The minimum atomic E-state index is 0.480. The van der Waals surface area contributed by atoms with E-state index in [2.05, 4.69) is 88.1 Å². The van der Waals surface area contributed by atoms with Gasteiger partial charge in [-0.3, -0.25) is 0 Å². The van der Waals surface area contributed by atoms with Crippen LogP contribution in [0.1, 0.15) is 49.8 Å². The molecule has 0 N–H and O–H groups in total. The van der Waals surface area contributed by atoms with Crippen LogP contribution in [0.4, 0.5) is 0 Å². The van der Waals surface area contributed by atoms with Crippen LogP contribution in [-0.4, -0.2) is 4.57 Å². The van der Waals surface area contributed by atoms with Gasteiger partial charge in [0.1, 0.15) is 0 Å². The number of halogens is 1. The van der Waals surface area contributed by atoms with E-state index in [0.717, 1.165) is 22.2 Å². The molecule has 1 heterocycles. The third-order valence-corrected chi connectivity index (χ3v) is 8.52. The van der Waals surface area contributed by atoms with E-state index in [1.54, 1.807) is 5.56 Å². The van der Waals surface area contributed by atoms with E-state index in [-0.39, 0.29) is 0 Å². The molecule has 4 fully saturated rings. The highest BCUT2D eigenvalue weighted by molar-refractivity contribution is 9.10. The summed E-state index contributed by atoms with van der Waals surface area (Å²) in [5, 5.41) is 0. The average Bonchev–Trinajstić information content (AvgIpc) is 3.09. The zero-order valence-corrected chi connectivity index (χ0v) is 18.7. The SMILES string of the molecule is Cc1ccc(-c2ccc(Br)cc2)n1-c1ccc(C23CC4CC(CC(C4)C2)C3)cc1. The van der Waals surface area contributed by atoms with Crippen molar-refractivity contribution in [1.82, 2.24) is 4.57 Å². The Morgan fingerprint density at radius 1 is 0.759 bits per heavy atom. The van der Waals surface area contributed by atoms with Crippen LogP contribution in [-0.2, 0) is 5.41 Å². The Bertz CT molecular complexity index is 1010. The van der Waals surface area contributed by atoms with Gasteiger partial charge in [0.05, 0.1) is 5.69 Å². The van der Waals surface area contributed by atoms with Crippen LogP contribution < -0.4 is 0 Å². The second-order valence-electron chi connectivity index (χ2n) is 9.95. The predicted molar refractivity (Wildman–Crippen MR) is 123 cm³/mol. The van der Waals surface area contributed by atoms with Crippen LogP contribution in [0.5, 0.6) is 0 Å². The summed E-state index contributed by atoms with van der Waals surface area (Å²) < 4.78 is 3.52. The van der Waals surface area contributed by atoms with Gasteiger partial charge in [-0.1, -0.05) is 40.2 Å². The number of rotatable bonds is 3. The van der Waals surface area contributed by atoms with E-state index >= 15 is 0 Å². The van der Waals surface area contributed by atoms with Gasteiger partial charge in [-0.15, -0.1) is 0 Å². The number of benzene rings is 2. The van der Waals surface area contributed by atoms with Gasteiger partial charge >= 0.3 is 0 Å². The molecule has 4 bridgehead atoms. The molecule has 4 aliphatic rings. The summed E-state index contributed by atoms with van der Waals surface area (Å²) in [5.41, 5.74) is 7.16. The standard InChI is InChI=1S/C27H28BrN/c1-18-2-11-26(22-3-7-24(28)8-4-22)29(18)25-9-5-23(6-10-25)27-15-19-12-20(16-27)14-21(13-19)17-27/h2-11,19-21H,12-17H2,1H3. The highest BCUT2D eigenvalue weighted by atomic mass is 79.9. The molecule has 2 heteroatoms. The molecule has 0 amide bonds. The molecular formula is C27H28BrN. The summed E-state index contributed by atoms with van der Waals surface area (Å²) in [6.07, 6.45) is 8.84. The third-order valence-electron chi connectivity index (χ3n) is 7.99. The molecule has 0 saturated heterocycles. The second kappa shape index (κ2) is 6.60. The van der Waals surface area contributed by atoms with E-state index < -0.39 is 0 Å². The molecule has 3 aromatic rings. The number of hydrogen-bond acceptors (Lipinski definition) is 0. The van der Waals surface area contributed by atoms with Crippen molar-refractivity contribution < 1.29 is 0 Å².